The van der Waals surface area contributed by atoms with E-state index in [1.54, 1.807) is 0 Å². The summed E-state index contributed by atoms with van der Waals surface area (Å²) in [6, 6.07) is 4.33. The average molecular weight is 415 g/mol. The second kappa shape index (κ2) is 9.25. The Morgan fingerprint density at radius 1 is 0.800 bits per heavy atom. The topological polar surface area (TPSA) is 143 Å². The van der Waals surface area contributed by atoms with Gasteiger partial charge in [-0.3, -0.25) is 0 Å². The van der Waals surface area contributed by atoms with Crippen molar-refractivity contribution in [1.29, 1.82) is 0 Å². The molecule has 11 nitrogen and oxygen atoms in total. The van der Waals surface area contributed by atoms with Crippen molar-refractivity contribution in [2.75, 3.05) is 0 Å². The average Bonchev–Trinajstić information content (AvgIpc) is 3.40. The van der Waals surface area contributed by atoms with E-state index in [1.165, 1.54) is 18.2 Å². The van der Waals surface area contributed by atoms with Gasteiger partial charge in [-0.1, -0.05) is 44.1 Å². The first-order valence-electron chi connectivity index (χ1n) is 9.29. The van der Waals surface area contributed by atoms with Crippen molar-refractivity contribution < 1.29 is 28.1 Å². The molecule has 0 unspecified atom stereocenters. The maximum absolute atomic E-state index is 12.2. The number of hydrogen-bond acceptors (Lipinski definition) is 11. The zero-order valence-corrected chi connectivity index (χ0v) is 17.0. The van der Waals surface area contributed by atoms with E-state index in [1.807, 2.05) is 27.7 Å². The van der Waals surface area contributed by atoms with E-state index < -0.39 is 11.9 Å². The molecule has 0 fully saturated rings. The van der Waals surface area contributed by atoms with Gasteiger partial charge in [-0.2, -0.15) is 9.97 Å². The van der Waals surface area contributed by atoms with Crippen molar-refractivity contribution in [3.8, 4) is 0 Å². The van der Waals surface area contributed by atoms with Crippen LogP contribution in [0.4, 0.5) is 0 Å². The van der Waals surface area contributed by atoms with Gasteiger partial charge in [0.25, 0.3) is 11.8 Å². The molecule has 3 heterocycles. The van der Waals surface area contributed by atoms with Crippen LogP contribution in [0.2, 0.25) is 0 Å². The van der Waals surface area contributed by atoms with Crippen molar-refractivity contribution in [1.82, 2.24) is 25.3 Å². The number of hydrogen-bond donors (Lipinski definition) is 0. The predicted octanol–water partition coefficient (Wildman–Crippen LogP) is 2.81. The van der Waals surface area contributed by atoms with Crippen LogP contribution in [0.3, 0.4) is 0 Å². The van der Waals surface area contributed by atoms with Gasteiger partial charge in [0.2, 0.25) is 0 Å². The van der Waals surface area contributed by atoms with Crippen molar-refractivity contribution in [2.24, 2.45) is 0 Å². The third-order valence-corrected chi connectivity index (χ3v) is 3.82. The number of ether oxygens (including phenoxy) is 2. The van der Waals surface area contributed by atoms with Crippen LogP contribution in [-0.4, -0.2) is 37.2 Å². The standard InChI is InChI=1S/C19H21N5O6/c1-10(2)16-21-14(29-23-16)8-27-18(25)12-6-5-7-13(20-12)19(26)28-9-15-22-17(11(3)4)24-30-15/h5-7,10-11H,8-9H2,1-4H3. The summed E-state index contributed by atoms with van der Waals surface area (Å²) in [7, 11) is 0. The molecule has 0 radical (unpaired) electrons. The minimum Gasteiger partial charge on any atom is -0.451 e. The summed E-state index contributed by atoms with van der Waals surface area (Å²) < 4.78 is 20.3. The summed E-state index contributed by atoms with van der Waals surface area (Å²) in [5.74, 6) is 0.0699. The Labute approximate surface area is 171 Å². The first-order valence-corrected chi connectivity index (χ1v) is 9.29. The summed E-state index contributed by atoms with van der Waals surface area (Å²) in [5, 5.41) is 7.58. The number of carbonyl (C=O) groups is 2. The predicted molar refractivity (Wildman–Crippen MR) is 99.3 cm³/mol. The fraction of sp³-hybridized carbons (Fsp3) is 0.421. The van der Waals surface area contributed by atoms with E-state index in [0.29, 0.717) is 11.6 Å². The molecule has 11 heteroatoms. The number of pyridine rings is 1. The molecule has 30 heavy (non-hydrogen) atoms. The van der Waals surface area contributed by atoms with E-state index in [-0.39, 0.29) is 48.2 Å². The number of aromatic nitrogens is 5. The lowest BCUT2D eigenvalue weighted by atomic mass is 10.2. The van der Waals surface area contributed by atoms with Gasteiger partial charge >= 0.3 is 11.9 Å². The normalized spacial score (nSPS) is 11.1. The van der Waals surface area contributed by atoms with Gasteiger partial charge in [-0.05, 0) is 12.1 Å². The van der Waals surface area contributed by atoms with Gasteiger partial charge in [-0.15, -0.1) is 0 Å². The summed E-state index contributed by atoms with van der Waals surface area (Å²) in [6.07, 6.45) is 0. The van der Waals surface area contributed by atoms with Crippen LogP contribution in [0.15, 0.2) is 27.2 Å². The smallest absolute Gasteiger partial charge is 0.357 e. The van der Waals surface area contributed by atoms with Gasteiger partial charge < -0.3 is 18.5 Å². The van der Waals surface area contributed by atoms with Gasteiger partial charge in [0, 0.05) is 11.8 Å². The fourth-order valence-corrected chi connectivity index (χ4v) is 2.19. The molecule has 3 aromatic heterocycles. The number of esters is 2. The Kier molecular flexibility index (Phi) is 6.50. The SMILES string of the molecule is CC(C)c1noc(COC(=O)c2cccc(C(=O)OCc3nc(C(C)C)no3)n2)n1. The molecule has 0 saturated carbocycles. The van der Waals surface area contributed by atoms with E-state index in [0.717, 1.165) is 0 Å². The molecule has 3 rings (SSSR count). The summed E-state index contributed by atoms with van der Waals surface area (Å²) in [5.41, 5.74) is -0.124. The Hall–Kier alpha value is -3.63. The lowest BCUT2D eigenvalue weighted by Gasteiger charge is -2.04. The second-order valence-electron chi connectivity index (χ2n) is 6.96. The van der Waals surface area contributed by atoms with Crippen molar-refractivity contribution in [3.63, 3.8) is 0 Å². The number of rotatable bonds is 8. The molecule has 0 aliphatic rings. The highest BCUT2D eigenvalue weighted by molar-refractivity contribution is 5.91. The zero-order chi connectivity index (χ0) is 21.7. The summed E-state index contributed by atoms with van der Waals surface area (Å²) in [4.78, 5) is 36.7. The van der Waals surface area contributed by atoms with Gasteiger partial charge in [0.05, 0.1) is 0 Å². The maximum atomic E-state index is 12.2. The number of carbonyl (C=O) groups excluding carboxylic acids is 2. The Morgan fingerprint density at radius 2 is 1.23 bits per heavy atom. The lowest BCUT2D eigenvalue weighted by molar-refractivity contribution is 0.0412. The molecular weight excluding hydrogens is 394 g/mol. The third-order valence-electron chi connectivity index (χ3n) is 3.82. The van der Waals surface area contributed by atoms with Crippen LogP contribution in [0, 0.1) is 0 Å². The van der Waals surface area contributed by atoms with Crippen molar-refractivity contribution in [3.05, 3.63) is 53.0 Å². The third kappa shape index (κ3) is 5.25. The van der Waals surface area contributed by atoms with Crippen molar-refractivity contribution in [2.45, 2.75) is 52.7 Å². The molecule has 0 atom stereocenters. The maximum Gasteiger partial charge on any atom is 0.357 e. The zero-order valence-electron chi connectivity index (χ0n) is 17.0. The van der Waals surface area contributed by atoms with Gasteiger partial charge in [-0.25, -0.2) is 14.6 Å². The minimum absolute atomic E-state index is 0.0621. The molecule has 0 N–H and O–H groups in total. The number of nitrogens with zero attached hydrogens (tertiary/aromatic N) is 5. The highest BCUT2D eigenvalue weighted by atomic mass is 16.6. The van der Waals surface area contributed by atoms with E-state index in [2.05, 4.69) is 25.3 Å². The van der Waals surface area contributed by atoms with Crippen LogP contribution in [-0.2, 0) is 22.7 Å². The summed E-state index contributed by atoms with van der Waals surface area (Å²) >= 11 is 0. The largest absolute Gasteiger partial charge is 0.451 e. The quantitative estimate of drug-likeness (QED) is 0.501. The Bertz CT molecular complexity index is 948. The molecule has 0 aromatic carbocycles. The van der Waals surface area contributed by atoms with Crippen molar-refractivity contribution >= 4 is 11.9 Å². The molecule has 3 aromatic rings. The second-order valence-corrected chi connectivity index (χ2v) is 6.96. The molecule has 0 spiro atoms. The monoisotopic (exact) mass is 415 g/mol. The van der Waals surface area contributed by atoms with Gasteiger partial charge in [0.1, 0.15) is 11.4 Å². The molecule has 0 saturated heterocycles. The molecular formula is C19H21N5O6. The first-order chi connectivity index (χ1) is 14.3. The minimum atomic E-state index is -0.743. The van der Waals surface area contributed by atoms with Gasteiger partial charge in [0.15, 0.2) is 24.9 Å². The molecule has 0 aliphatic carbocycles. The van der Waals surface area contributed by atoms with Crippen LogP contribution in [0.1, 0.15) is 83.9 Å². The molecule has 158 valence electrons. The van der Waals surface area contributed by atoms with E-state index in [4.69, 9.17) is 18.5 Å². The van der Waals surface area contributed by atoms with Crippen LogP contribution in [0.5, 0.6) is 0 Å². The van der Waals surface area contributed by atoms with Crippen LogP contribution in [0.25, 0.3) is 0 Å². The highest BCUT2D eigenvalue weighted by Crippen LogP contribution is 2.12. The first kappa shape index (κ1) is 21.1. The molecule has 0 aliphatic heterocycles. The fourth-order valence-electron chi connectivity index (χ4n) is 2.19. The van der Waals surface area contributed by atoms with Crippen LogP contribution >= 0.6 is 0 Å². The molecule has 0 amide bonds. The van der Waals surface area contributed by atoms with E-state index in [9.17, 15) is 9.59 Å². The Balaban J connectivity index is 1.57. The Morgan fingerprint density at radius 3 is 1.60 bits per heavy atom. The highest BCUT2D eigenvalue weighted by Gasteiger charge is 2.18. The van der Waals surface area contributed by atoms with Crippen LogP contribution < -0.4 is 0 Å². The lowest BCUT2D eigenvalue weighted by Crippen LogP contribution is -2.13. The van der Waals surface area contributed by atoms with E-state index >= 15 is 0 Å². The summed E-state index contributed by atoms with van der Waals surface area (Å²) in [6.45, 7) is 7.25. The molecule has 0 bridgehead atoms.